The van der Waals surface area contributed by atoms with Crippen LogP contribution in [-0.4, -0.2) is 21.7 Å². The van der Waals surface area contributed by atoms with E-state index >= 15 is 0 Å². The van der Waals surface area contributed by atoms with Gasteiger partial charge in [-0.2, -0.15) is 0 Å². The molecule has 0 amide bonds. The topological polar surface area (TPSA) is 82.3 Å². The Morgan fingerprint density at radius 2 is 1.69 bits per heavy atom. The molecule has 1 N–H and O–H groups in total. The number of nitrogens with zero attached hydrogens (tertiary/aromatic N) is 2. The maximum absolute atomic E-state index is 13.3. The van der Waals surface area contributed by atoms with Crippen LogP contribution >= 0.6 is 11.6 Å². The first kappa shape index (κ1) is 21.6. The minimum atomic E-state index is -0.761. The Balaban J connectivity index is 2.13. The quantitative estimate of drug-likeness (QED) is 0.615. The lowest BCUT2D eigenvalue weighted by molar-refractivity contribution is -0.138. The van der Waals surface area contributed by atoms with Gasteiger partial charge in [-0.15, -0.1) is 0 Å². The van der Waals surface area contributed by atoms with Gasteiger partial charge in [-0.3, -0.25) is 13.9 Å². The van der Waals surface area contributed by atoms with Crippen LogP contribution in [0.5, 0.6) is 0 Å². The first-order valence-electron chi connectivity index (χ1n) is 10.1. The Bertz CT molecular complexity index is 1340. The summed E-state index contributed by atoms with van der Waals surface area (Å²) in [5.41, 5.74) is 1.54. The second-order valence-electron chi connectivity index (χ2n) is 7.45. The monoisotopic (exact) mass is 451 g/mol. The maximum atomic E-state index is 13.3. The van der Waals surface area contributed by atoms with E-state index in [1.807, 2.05) is 30.3 Å². The Morgan fingerprint density at radius 1 is 1.03 bits per heavy atom. The molecule has 1 aromatic heterocycles. The fraction of sp³-hybridized carbons (Fsp3) is 0.208. The number of aromatic nitrogens is 2. The van der Waals surface area contributed by atoms with Crippen LogP contribution in [0.1, 0.15) is 29.5 Å². The van der Waals surface area contributed by atoms with Crippen molar-refractivity contribution in [1.82, 2.24) is 9.13 Å². The molecular formula is C24H22ClN3O4. The molecule has 8 heteroatoms. The van der Waals surface area contributed by atoms with Crippen molar-refractivity contribution < 1.29 is 9.53 Å². The molecule has 0 radical (unpaired) electrons. The third-order valence-corrected chi connectivity index (χ3v) is 5.80. The van der Waals surface area contributed by atoms with Gasteiger partial charge in [0.2, 0.25) is 0 Å². The molecule has 0 saturated heterocycles. The molecule has 0 unspecified atom stereocenters. The van der Waals surface area contributed by atoms with Gasteiger partial charge < -0.3 is 10.1 Å². The largest absolute Gasteiger partial charge is 0.463 e. The highest BCUT2D eigenvalue weighted by Crippen LogP contribution is 2.43. The van der Waals surface area contributed by atoms with Gasteiger partial charge in [0.25, 0.3) is 5.56 Å². The van der Waals surface area contributed by atoms with E-state index < -0.39 is 23.1 Å². The lowest BCUT2D eigenvalue weighted by atomic mass is 9.81. The van der Waals surface area contributed by atoms with Crippen molar-refractivity contribution in [3.8, 4) is 0 Å². The fourth-order valence-electron chi connectivity index (χ4n) is 4.01. The first-order chi connectivity index (χ1) is 15.3. The number of rotatable bonds is 4. The van der Waals surface area contributed by atoms with Crippen molar-refractivity contribution in [2.45, 2.75) is 12.8 Å². The highest BCUT2D eigenvalue weighted by molar-refractivity contribution is 6.30. The van der Waals surface area contributed by atoms with E-state index in [0.29, 0.717) is 33.2 Å². The summed E-state index contributed by atoms with van der Waals surface area (Å²) in [6.07, 6.45) is 0. The minimum absolute atomic E-state index is 0.176. The minimum Gasteiger partial charge on any atom is -0.463 e. The van der Waals surface area contributed by atoms with Crippen LogP contribution in [0.15, 0.2) is 69.8 Å². The predicted octanol–water partition coefficient (Wildman–Crippen LogP) is 3.27. The number of esters is 1. The van der Waals surface area contributed by atoms with Crippen LogP contribution in [0.2, 0.25) is 5.02 Å². The van der Waals surface area contributed by atoms with Crippen molar-refractivity contribution in [3.63, 3.8) is 0 Å². The second-order valence-corrected chi connectivity index (χ2v) is 7.89. The molecule has 1 aliphatic rings. The van der Waals surface area contributed by atoms with Gasteiger partial charge in [0.05, 0.1) is 29.4 Å². The number of ether oxygens (including phenoxy) is 1. The maximum Gasteiger partial charge on any atom is 0.337 e. The number of fused-ring (bicyclic) bond motifs is 1. The number of carbonyl (C=O) groups excluding carboxylic acids is 1. The van der Waals surface area contributed by atoms with Crippen LogP contribution < -0.4 is 16.6 Å². The fourth-order valence-corrected chi connectivity index (χ4v) is 4.13. The molecule has 32 heavy (non-hydrogen) atoms. The standard InChI is InChI=1S/C24H22ClN3O4/c1-4-32-23(30)18-17(14-10-12-16(25)13-11-14)19-21(27(2)24(31)28(3)22(19)29)26-20(18)15-8-6-5-7-9-15/h5-13,17,26H,4H2,1-3H3/t17-/m0/s1. The molecule has 0 bridgehead atoms. The molecule has 2 heterocycles. The zero-order chi connectivity index (χ0) is 23.0. The molecule has 164 valence electrons. The summed E-state index contributed by atoms with van der Waals surface area (Å²) in [5, 5.41) is 3.72. The predicted molar refractivity (Wildman–Crippen MR) is 124 cm³/mol. The molecule has 1 atom stereocenters. The summed E-state index contributed by atoms with van der Waals surface area (Å²) in [6, 6.07) is 16.2. The SMILES string of the molecule is CCOC(=O)C1=C(c2ccccc2)Nc2c(c(=O)n(C)c(=O)n2C)[C@H]1c1ccc(Cl)cc1. The number of carbonyl (C=O) groups is 1. The van der Waals surface area contributed by atoms with E-state index in [0.717, 1.165) is 10.1 Å². The van der Waals surface area contributed by atoms with E-state index in [-0.39, 0.29) is 6.61 Å². The van der Waals surface area contributed by atoms with Gasteiger partial charge in [0.15, 0.2) is 0 Å². The van der Waals surface area contributed by atoms with Gasteiger partial charge >= 0.3 is 11.7 Å². The Morgan fingerprint density at radius 3 is 2.31 bits per heavy atom. The molecule has 4 rings (SSSR count). The van der Waals surface area contributed by atoms with E-state index in [1.54, 1.807) is 38.2 Å². The normalized spacial score (nSPS) is 15.2. The zero-order valence-corrected chi connectivity index (χ0v) is 18.6. The van der Waals surface area contributed by atoms with Gasteiger partial charge in [-0.1, -0.05) is 54.1 Å². The summed E-state index contributed by atoms with van der Waals surface area (Å²) in [7, 11) is 3.01. The molecule has 7 nitrogen and oxygen atoms in total. The van der Waals surface area contributed by atoms with Crippen LogP contribution in [0, 0.1) is 0 Å². The average Bonchev–Trinajstić information content (AvgIpc) is 2.81. The molecule has 0 saturated carbocycles. The van der Waals surface area contributed by atoms with E-state index in [9.17, 15) is 14.4 Å². The number of halogens is 1. The number of anilines is 1. The van der Waals surface area contributed by atoms with E-state index in [2.05, 4.69) is 5.32 Å². The highest BCUT2D eigenvalue weighted by atomic mass is 35.5. The van der Waals surface area contributed by atoms with Gasteiger partial charge in [0, 0.05) is 19.1 Å². The molecule has 1 aliphatic heterocycles. The molecule has 0 spiro atoms. The van der Waals surface area contributed by atoms with Crippen molar-refractivity contribution in [2.24, 2.45) is 14.1 Å². The highest BCUT2D eigenvalue weighted by Gasteiger charge is 2.38. The van der Waals surface area contributed by atoms with Gasteiger partial charge in [0.1, 0.15) is 5.82 Å². The van der Waals surface area contributed by atoms with Gasteiger partial charge in [-0.05, 0) is 30.2 Å². The Hall–Kier alpha value is -3.58. The average molecular weight is 452 g/mol. The molecule has 2 aromatic carbocycles. The van der Waals surface area contributed by atoms with Crippen molar-refractivity contribution in [3.05, 3.63) is 103 Å². The smallest absolute Gasteiger partial charge is 0.337 e. The third kappa shape index (κ3) is 3.54. The number of hydrogen-bond acceptors (Lipinski definition) is 5. The molecule has 0 fully saturated rings. The third-order valence-electron chi connectivity index (χ3n) is 5.55. The Labute approximate surface area is 189 Å². The van der Waals surface area contributed by atoms with Crippen LogP contribution in [0.25, 0.3) is 5.70 Å². The summed E-state index contributed by atoms with van der Waals surface area (Å²) < 4.78 is 7.83. The summed E-state index contributed by atoms with van der Waals surface area (Å²) in [5.74, 6) is -0.964. The number of nitrogens with one attached hydrogen (secondary N) is 1. The zero-order valence-electron chi connectivity index (χ0n) is 17.9. The van der Waals surface area contributed by atoms with Crippen LogP contribution in [-0.2, 0) is 23.6 Å². The van der Waals surface area contributed by atoms with Crippen molar-refractivity contribution >= 4 is 29.1 Å². The Kier molecular flexibility index (Phi) is 5.76. The van der Waals surface area contributed by atoms with E-state index in [4.69, 9.17) is 16.3 Å². The van der Waals surface area contributed by atoms with Crippen LogP contribution in [0.3, 0.4) is 0 Å². The lowest BCUT2D eigenvalue weighted by Gasteiger charge is -2.32. The lowest BCUT2D eigenvalue weighted by Crippen LogP contribution is -2.43. The first-order valence-corrected chi connectivity index (χ1v) is 10.5. The van der Waals surface area contributed by atoms with E-state index in [1.165, 1.54) is 11.6 Å². The summed E-state index contributed by atoms with van der Waals surface area (Å²) >= 11 is 6.10. The van der Waals surface area contributed by atoms with Gasteiger partial charge in [-0.25, -0.2) is 9.59 Å². The summed E-state index contributed by atoms with van der Waals surface area (Å²) in [4.78, 5) is 39.3. The number of hydrogen-bond donors (Lipinski definition) is 1. The summed E-state index contributed by atoms with van der Waals surface area (Å²) in [6.45, 7) is 1.90. The number of benzene rings is 2. The van der Waals surface area contributed by atoms with Crippen LogP contribution in [0.4, 0.5) is 5.82 Å². The molecular weight excluding hydrogens is 430 g/mol. The van der Waals surface area contributed by atoms with Crippen molar-refractivity contribution in [2.75, 3.05) is 11.9 Å². The van der Waals surface area contributed by atoms with Crippen molar-refractivity contribution in [1.29, 1.82) is 0 Å². The molecule has 3 aromatic rings. The molecule has 0 aliphatic carbocycles. The second kappa shape index (κ2) is 8.51.